The van der Waals surface area contributed by atoms with Crippen LogP contribution in [0.3, 0.4) is 0 Å². The number of carbonyl (C=O) groups is 1. The van der Waals surface area contributed by atoms with Gasteiger partial charge in [-0.3, -0.25) is 4.79 Å². The van der Waals surface area contributed by atoms with Gasteiger partial charge in [0.15, 0.2) is 0 Å². The second-order valence-electron chi connectivity index (χ2n) is 4.60. The van der Waals surface area contributed by atoms with E-state index >= 15 is 0 Å². The van der Waals surface area contributed by atoms with Gasteiger partial charge in [-0.05, 0) is 31.1 Å². The highest BCUT2D eigenvalue weighted by molar-refractivity contribution is 5.87. The molecule has 1 aromatic heterocycles. The van der Waals surface area contributed by atoms with Crippen molar-refractivity contribution in [2.45, 2.75) is 19.4 Å². The molecule has 0 fully saturated rings. The summed E-state index contributed by atoms with van der Waals surface area (Å²) in [5.74, 6) is -0.122. The number of amides is 1. The number of para-hydroxylation sites is 1. The Bertz CT molecular complexity index is 583. The Kier molecular flexibility index (Phi) is 3.51. The van der Waals surface area contributed by atoms with Crippen molar-refractivity contribution in [2.75, 3.05) is 0 Å². The molecule has 2 aromatic rings. The monoisotopic (exact) mass is 242 g/mol. The average molecular weight is 242 g/mol. The van der Waals surface area contributed by atoms with Crippen LogP contribution in [-0.4, -0.2) is 16.5 Å². The molecule has 18 heavy (non-hydrogen) atoms. The zero-order chi connectivity index (χ0) is 13.1. The fraction of sp³-hybridized carbons (Fsp3) is 0.267. The van der Waals surface area contributed by atoms with E-state index in [1.54, 1.807) is 0 Å². The number of fused-ring (bicyclic) bond motifs is 1. The summed E-state index contributed by atoms with van der Waals surface area (Å²) < 4.78 is 2.12. The van der Waals surface area contributed by atoms with Crippen LogP contribution in [-0.2, 0) is 18.3 Å². The van der Waals surface area contributed by atoms with E-state index in [2.05, 4.69) is 34.8 Å². The number of aryl methyl sites for hydroxylation is 1. The maximum atomic E-state index is 11.2. The minimum absolute atomic E-state index is 0.0984. The first kappa shape index (κ1) is 12.4. The summed E-state index contributed by atoms with van der Waals surface area (Å²) >= 11 is 0. The van der Waals surface area contributed by atoms with Crippen LogP contribution >= 0.6 is 0 Å². The highest BCUT2D eigenvalue weighted by atomic mass is 16.1. The molecule has 0 aliphatic carbocycles. The van der Waals surface area contributed by atoms with Gasteiger partial charge in [0.1, 0.15) is 0 Å². The second kappa shape index (κ2) is 5.08. The standard InChI is InChI=1S/C15H18N2O/c1-4-15(18)16-11(2)9-12-10-17(3)14-8-6-5-7-13(12)14/h4-8,10-11H,1,9H2,2-3H3,(H,16,18). The smallest absolute Gasteiger partial charge is 0.243 e. The predicted octanol–water partition coefficient (Wildman–Crippen LogP) is 2.41. The van der Waals surface area contributed by atoms with E-state index in [0.29, 0.717) is 0 Å². The molecule has 1 aromatic carbocycles. The highest BCUT2D eigenvalue weighted by Crippen LogP contribution is 2.21. The molecule has 3 heteroatoms. The molecular weight excluding hydrogens is 224 g/mol. The SMILES string of the molecule is C=CC(=O)NC(C)Cc1cn(C)c2ccccc12. The Morgan fingerprint density at radius 2 is 2.22 bits per heavy atom. The fourth-order valence-electron chi connectivity index (χ4n) is 2.27. The van der Waals surface area contributed by atoms with Gasteiger partial charge in [0.25, 0.3) is 0 Å². The van der Waals surface area contributed by atoms with Crippen molar-refractivity contribution in [2.24, 2.45) is 7.05 Å². The summed E-state index contributed by atoms with van der Waals surface area (Å²) in [7, 11) is 2.04. The lowest BCUT2D eigenvalue weighted by atomic mass is 10.1. The van der Waals surface area contributed by atoms with Crippen molar-refractivity contribution in [3.8, 4) is 0 Å². The van der Waals surface area contributed by atoms with Gasteiger partial charge in [0.05, 0.1) is 0 Å². The molecule has 0 spiro atoms. The number of benzene rings is 1. The third kappa shape index (κ3) is 2.45. The lowest BCUT2D eigenvalue weighted by molar-refractivity contribution is -0.117. The minimum atomic E-state index is -0.122. The summed E-state index contributed by atoms with van der Waals surface area (Å²) in [5, 5.41) is 4.14. The van der Waals surface area contributed by atoms with E-state index in [1.807, 2.05) is 26.1 Å². The van der Waals surface area contributed by atoms with Crippen LogP contribution in [0.2, 0.25) is 0 Å². The van der Waals surface area contributed by atoms with E-state index in [-0.39, 0.29) is 11.9 Å². The molecule has 1 atom stereocenters. The molecule has 0 aliphatic heterocycles. The largest absolute Gasteiger partial charge is 0.350 e. The Morgan fingerprint density at radius 1 is 1.50 bits per heavy atom. The van der Waals surface area contributed by atoms with Gasteiger partial charge in [-0.2, -0.15) is 0 Å². The van der Waals surface area contributed by atoms with Crippen molar-refractivity contribution < 1.29 is 4.79 Å². The molecule has 0 aliphatic rings. The lowest BCUT2D eigenvalue weighted by Gasteiger charge is -2.11. The number of carbonyl (C=O) groups excluding carboxylic acids is 1. The molecule has 0 radical (unpaired) electrons. The van der Waals surface area contributed by atoms with Crippen LogP contribution in [0.25, 0.3) is 10.9 Å². The van der Waals surface area contributed by atoms with Gasteiger partial charge < -0.3 is 9.88 Å². The number of nitrogens with one attached hydrogen (secondary N) is 1. The number of nitrogens with zero attached hydrogens (tertiary/aromatic N) is 1. The first-order chi connectivity index (χ1) is 8.61. The summed E-state index contributed by atoms with van der Waals surface area (Å²) in [6, 6.07) is 8.40. The van der Waals surface area contributed by atoms with Crippen LogP contribution in [0.15, 0.2) is 43.1 Å². The highest BCUT2D eigenvalue weighted by Gasteiger charge is 2.10. The van der Waals surface area contributed by atoms with Crippen molar-refractivity contribution in [3.05, 3.63) is 48.7 Å². The molecule has 1 unspecified atom stereocenters. The third-order valence-corrected chi connectivity index (χ3v) is 3.08. The molecule has 94 valence electrons. The summed E-state index contributed by atoms with van der Waals surface area (Å²) in [6.45, 7) is 5.46. The maximum Gasteiger partial charge on any atom is 0.243 e. The summed E-state index contributed by atoms with van der Waals surface area (Å²) in [5.41, 5.74) is 2.47. The molecule has 1 heterocycles. The molecule has 0 saturated carbocycles. The fourth-order valence-corrected chi connectivity index (χ4v) is 2.27. The van der Waals surface area contributed by atoms with Crippen LogP contribution in [0.4, 0.5) is 0 Å². The van der Waals surface area contributed by atoms with E-state index in [0.717, 1.165) is 6.42 Å². The minimum Gasteiger partial charge on any atom is -0.350 e. The molecule has 1 amide bonds. The van der Waals surface area contributed by atoms with Gasteiger partial charge in [0.2, 0.25) is 5.91 Å². The molecule has 0 bridgehead atoms. The van der Waals surface area contributed by atoms with Gasteiger partial charge in [0, 0.05) is 30.2 Å². The van der Waals surface area contributed by atoms with Crippen molar-refractivity contribution in [1.82, 2.24) is 9.88 Å². The van der Waals surface area contributed by atoms with Gasteiger partial charge in [-0.15, -0.1) is 0 Å². The first-order valence-electron chi connectivity index (χ1n) is 6.07. The number of rotatable bonds is 4. The topological polar surface area (TPSA) is 34.0 Å². The normalized spacial score (nSPS) is 12.3. The zero-order valence-electron chi connectivity index (χ0n) is 10.8. The van der Waals surface area contributed by atoms with Gasteiger partial charge in [-0.25, -0.2) is 0 Å². The van der Waals surface area contributed by atoms with Crippen molar-refractivity contribution >= 4 is 16.8 Å². The number of hydrogen-bond acceptors (Lipinski definition) is 1. The molecule has 2 rings (SSSR count). The third-order valence-electron chi connectivity index (χ3n) is 3.08. The van der Waals surface area contributed by atoms with Crippen molar-refractivity contribution in [3.63, 3.8) is 0 Å². The van der Waals surface area contributed by atoms with E-state index < -0.39 is 0 Å². The second-order valence-corrected chi connectivity index (χ2v) is 4.60. The van der Waals surface area contributed by atoms with Crippen LogP contribution in [0, 0.1) is 0 Å². The zero-order valence-corrected chi connectivity index (χ0v) is 10.8. The Labute approximate surface area is 107 Å². The molecule has 3 nitrogen and oxygen atoms in total. The maximum absolute atomic E-state index is 11.2. The first-order valence-corrected chi connectivity index (χ1v) is 6.07. The quantitative estimate of drug-likeness (QED) is 0.821. The van der Waals surface area contributed by atoms with Gasteiger partial charge in [-0.1, -0.05) is 24.8 Å². The Balaban J connectivity index is 2.21. The summed E-state index contributed by atoms with van der Waals surface area (Å²) in [4.78, 5) is 11.2. The van der Waals surface area contributed by atoms with Crippen molar-refractivity contribution in [1.29, 1.82) is 0 Å². The van der Waals surface area contributed by atoms with E-state index in [4.69, 9.17) is 0 Å². The number of hydrogen-bond donors (Lipinski definition) is 1. The molecule has 0 saturated heterocycles. The average Bonchev–Trinajstić information content (AvgIpc) is 2.67. The van der Waals surface area contributed by atoms with Crippen LogP contribution in [0.1, 0.15) is 12.5 Å². The molecule has 1 N–H and O–H groups in total. The molecular formula is C15H18N2O. The Morgan fingerprint density at radius 3 is 2.94 bits per heavy atom. The van der Waals surface area contributed by atoms with Crippen LogP contribution in [0.5, 0.6) is 0 Å². The van der Waals surface area contributed by atoms with Gasteiger partial charge >= 0.3 is 0 Å². The predicted molar refractivity (Wildman–Crippen MR) is 74.4 cm³/mol. The van der Waals surface area contributed by atoms with E-state index in [9.17, 15) is 4.79 Å². The summed E-state index contributed by atoms with van der Waals surface area (Å²) in [6.07, 6.45) is 4.25. The Hall–Kier alpha value is -2.03. The van der Waals surface area contributed by atoms with Crippen LogP contribution < -0.4 is 5.32 Å². The number of aromatic nitrogens is 1. The van der Waals surface area contributed by atoms with E-state index in [1.165, 1.54) is 22.5 Å². The lowest BCUT2D eigenvalue weighted by Crippen LogP contribution is -2.32.